The van der Waals surface area contributed by atoms with Gasteiger partial charge in [-0.2, -0.15) is 0 Å². The molecule has 126 valence electrons. The van der Waals surface area contributed by atoms with Gasteiger partial charge in [0.2, 0.25) is 0 Å². The number of hydrogen-bond acceptors (Lipinski definition) is 3. The molecule has 0 unspecified atom stereocenters. The predicted octanol–water partition coefficient (Wildman–Crippen LogP) is 3.34. The molecule has 1 saturated carbocycles. The lowest BCUT2D eigenvalue weighted by Crippen LogP contribution is -2.35. The second kappa shape index (κ2) is 5.12. The van der Waals surface area contributed by atoms with Crippen LogP contribution in [0.4, 0.5) is 10.1 Å². The molecule has 25 heavy (non-hydrogen) atoms. The summed E-state index contributed by atoms with van der Waals surface area (Å²) in [6.45, 7) is 0.558. The van der Waals surface area contributed by atoms with Crippen LogP contribution < -0.4 is 4.90 Å². The monoisotopic (exact) mass is 336 g/mol. The van der Waals surface area contributed by atoms with Crippen LogP contribution in [0.25, 0.3) is 5.65 Å². The SMILES string of the molecule is O=C(c1ccc2nncn2c1)N1CC2(CCCC2)c2c(F)cccc21. The summed E-state index contributed by atoms with van der Waals surface area (Å²) in [5, 5.41) is 7.80. The Morgan fingerprint density at radius 1 is 1.16 bits per heavy atom. The summed E-state index contributed by atoms with van der Waals surface area (Å²) in [4.78, 5) is 14.9. The van der Waals surface area contributed by atoms with E-state index in [2.05, 4.69) is 10.2 Å². The molecule has 1 spiro atoms. The van der Waals surface area contributed by atoms with Crippen LogP contribution in [0.15, 0.2) is 42.9 Å². The minimum atomic E-state index is -0.225. The number of halogens is 1. The van der Waals surface area contributed by atoms with Gasteiger partial charge in [0.25, 0.3) is 5.91 Å². The van der Waals surface area contributed by atoms with Gasteiger partial charge in [-0.15, -0.1) is 10.2 Å². The number of carbonyl (C=O) groups excluding carboxylic acids is 1. The van der Waals surface area contributed by atoms with Crippen LogP contribution in [0, 0.1) is 5.82 Å². The average molecular weight is 336 g/mol. The molecule has 0 radical (unpaired) electrons. The molecule has 6 heteroatoms. The molecule has 1 fully saturated rings. The Balaban J connectivity index is 1.60. The highest BCUT2D eigenvalue weighted by atomic mass is 19.1. The Hall–Kier alpha value is -2.76. The summed E-state index contributed by atoms with van der Waals surface area (Å²) in [6, 6.07) is 8.58. The number of fused-ring (bicyclic) bond motifs is 3. The van der Waals surface area contributed by atoms with Crippen molar-refractivity contribution in [2.24, 2.45) is 0 Å². The lowest BCUT2D eigenvalue weighted by Gasteiger charge is -2.25. The minimum absolute atomic E-state index is 0.105. The zero-order chi connectivity index (χ0) is 17.0. The third-order valence-corrected chi connectivity index (χ3v) is 5.62. The van der Waals surface area contributed by atoms with E-state index in [9.17, 15) is 9.18 Å². The number of hydrogen-bond donors (Lipinski definition) is 0. The minimum Gasteiger partial charge on any atom is -0.307 e. The van der Waals surface area contributed by atoms with Crippen molar-refractivity contribution in [1.29, 1.82) is 0 Å². The van der Waals surface area contributed by atoms with Crippen LogP contribution in [-0.4, -0.2) is 27.0 Å². The van der Waals surface area contributed by atoms with Crippen LogP contribution in [0.2, 0.25) is 0 Å². The first-order valence-corrected chi connectivity index (χ1v) is 8.58. The number of nitrogens with zero attached hydrogens (tertiary/aromatic N) is 4. The van der Waals surface area contributed by atoms with Gasteiger partial charge in [-0.05, 0) is 37.1 Å². The second-order valence-electron chi connectivity index (χ2n) is 7.03. The van der Waals surface area contributed by atoms with Gasteiger partial charge in [-0.1, -0.05) is 18.9 Å². The Bertz CT molecular complexity index is 990. The summed E-state index contributed by atoms with van der Waals surface area (Å²) in [7, 11) is 0. The summed E-state index contributed by atoms with van der Waals surface area (Å²) >= 11 is 0. The molecule has 3 aromatic rings. The van der Waals surface area contributed by atoms with Gasteiger partial charge < -0.3 is 4.90 Å². The fraction of sp³-hybridized carbons (Fsp3) is 0.316. The lowest BCUT2D eigenvalue weighted by molar-refractivity contribution is 0.0984. The molecular formula is C19H17FN4O. The molecule has 5 rings (SSSR count). The van der Waals surface area contributed by atoms with E-state index in [4.69, 9.17) is 0 Å². The van der Waals surface area contributed by atoms with Crippen LogP contribution >= 0.6 is 0 Å². The van der Waals surface area contributed by atoms with Crippen LogP contribution in [0.5, 0.6) is 0 Å². The molecule has 3 heterocycles. The van der Waals surface area contributed by atoms with Gasteiger partial charge in [-0.3, -0.25) is 9.20 Å². The summed E-state index contributed by atoms with van der Waals surface area (Å²) < 4.78 is 16.4. The number of amides is 1. The number of anilines is 1. The summed E-state index contributed by atoms with van der Waals surface area (Å²) in [5.74, 6) is -0.296. The van der Waals surface area contributed by atoms with Gasteiger partial charge >= 0.3 is 0 Å². The van der Waals surface area contributed by atoms with Crippen molar-refractivity contribution in [1.82, 2.24) is 14.6 Å². The fourth-order valence-electron chi connectivity index (χ4n) is 4.48. The molecular weight excluding hydrogens is 319 g/mol. The van der Waals surface area contributed by atoms with Crippen molar-refractivity contribution in [3.8, 4) is 0 Å². The van der Waals surface area contributed by atoms with Crippen molar-refractivity contribution in [3.63, 3.8) is 0 Å². The van der Waals surface area contributed by atoms with E-state index < -0.39 is 0 Å². The van der Waals surface area contributed by atoms with E-state index in [1.165, 1.54) is 6.07 Å². The number of aromatic nitrogens is 3. The molecule has 1 amide bonds. The summed E-state index contributed by atoms with van der Waals surface area (Å²) in [6.07, 6.45) is 7.35. The number of pyridine rings is 1. The standard InChI is InChI=1S/C19H17FN4O/c20-14-4-3-5-15-17(14)19(8-1-2-9-19)11-24(15)18(25)13-6-7-16-22-21-12-23(16)10-13/h3-7,10,12H,1-2,8-9,11H2. The molecule has 0 N–H and O–H groups in total. The zero-order valence-corrected chi connectivity index (χ0v) is 13.7. The first-order chi connectivity index (χ1) is 12.2. The van der Waals surface area contributed by atoms with Crippen molar-refractivity contribution in [2.45, 2.75) is 31.1 Å². The quantitative estimate of drug-likeness (QED) is 0.685. The Morgan fingerprint density at radius 3 is 2.84 bits per heavy atom. The molecule has 1 aromatic carbocycles. The van der Waals surface area contributed by atoms with E-state index in [0.29, 0.717) is 17.8 Å². The molecule has 0 atom stereocenters. The summed E-state index contributed by atoms with van der Waals surface area (Å²) in [5.41, 5.74) is 2.47. The Morgan fingerprint density at radius 2 is 2.00 bits per heavy atom. The van der Waals surface area contributed by atoms with Gasteiger partial charge in [-0.25, -0.2) is 4.39 Å². The molecule has 5 nitrogen and oxygen atoms in total. The highest BCUT2D eigenvalue weighted by Crippen LogP contribution is 2.51. The average Bonchev–Trinajstić information content (AvgIpc) is 3.34. The van der Waals surface area contributed by atoms with Gasteiger partial charge in [0.05, 0.1) is 11.3 Å². The van der Waals surface area contributed by atoms with E-state index >= 15 is 0 Å². The number of carbonyl (C=O) groups is 1. The zero-order valence-electron chi connectivity index (χ0n) is 13.7. The molecule has 2 aromatic heterocycles. The van der Waals surface area contributed by atoms with Crippen LogP contribution in [0.1, 0.15) is 41.6 Å². The lowest BCUT2D eigenvalue weighted by atomic mass is 9.80. The van der Waals surface area contributed by atoms with E-state index in [0.717, 1.165) is 36.9 Å². The van der Waals surface area contributed by atoms with E-state index in [1.54, 1.807) is 40.0 Å². The van der Waals surface area contributed by atoms with Crippen LogP contribution in [-0.2, 0) is 5.41 Å². The molecule has 0 bridgehead atoms. The van der Waals surface area contributed by atoms with Crippen molar-refractivity contribution in [3.05, 3.63) is 59.8 Å². The fourth-order valence-corrected chi connectivity index (χ4v) is 4.48. The largest absolute Gasteiger partial charge is 0.307 e. The van der Waals surface area contributed by atoms with Crippen molar-refractivity contribution in [2.75, 3.05) is 11.4 Å². The molecule has 0 saturated heterocycles. The van der Waals surface area contributed by atoms with Crippen LogP contribution in [0.3, 0.4) is 0 Å². The predicted molar refractivity (Wildman–Crippen MR) is 91.2 cm³/mol. The third-order valence-electron chi connectivity index (χ3n) is 5.62. The number of rotatable bonds is 1. The highest BCUT2D eigenvalue weighted by Gasteiger charge is 2.48. The Labute approximate surface area is 144 Å². The maximum absolute atomic E-state index is 14.6. The van der Waals surface area contributed by atoms with Gasteiger partial charge in [0, 0.05) is 23.7 Å². The van der Waals surface area contributed by atoms with Crippen molar-refractivity contribution >= 4 is 17.2 Å². The maximum Gasteiger partial charge on any atom is 0.259 e. The smallest absolute Gasteiger partial charge is 0.259 e. The third kappa shape index (κ3) is 2.03. The van der Waals surface area contributed by atoms with Gasteiger partial charge in [0.15, 0.2) is 5.65 Å². The first kappa shape index (κ1) is 14.6. The normalized spacial score (nSPS) is 18.2. The number of benzene rings is 1. The highest BCUT2D eigenvalue weighted by molar-refractivity contribution is 6.07. The van der Waals surface area contributed by atoms with Gasteiger partial charge in [0.1, 0.15) is 12.1 Å². The molecule has 1 aliphatic carbocycles. The maximum atomic E-state index is 14.6. The topological polar surface area (TPSA) is 50.5 Å². The van der Waals surface area contributed by atoms with E-state index in [-0.39, 0.29) is 17.1 Å². The van der Waals surface area contributed by atoms with E-state index in [1.807, 2.05) is 6.07 Å². The second-order valence-corrected chi connectivity index (χ2v) is 7.03. The molecule has 1 aliphatic heterocycles. The Kier molecular flexibility index (Phi) is 2.98. The molecule has 2 aliphatic rings. The first-order valence-electron chi connectivity index (χ1n) is 8.58. The van der Waals surface area contributed by atoms with Crippen molar-refractivity contribution < 1.29 is 9.18 Å².